The molecule has 0 aromatic carbocycles. The van der Waals surface area contributed by atoms with Crippen molar-refractivity contribution in [1.29, 1.82) is 0 Å². The van der Waals surface area contributed by atoms with E-state index in [1.165, 1.54) is 0 Å². The van der Waals surface area contributed by atoms with Crippen LogP contribution in [-0.4, -0.2) is 42.3 Å². The summed E-state index contributed by atoms with van der Waals surface area (Å²) >= 11 is 0. The van der Waals surface area contributed by atoms with E-state index < -0.39 is 5.97 Å². The van der Waals surface area contributed by atoms with Crippen molar-refractivity contribution in [2.45, 2.75) is 12.8 Å². The summed E-state index contributed by atoms with van der Waals surface area (Å²) in [7, 11) is 1.00. The van der Waals surface area contributed by atoms with E-state index in [-0.39, 0.29) is 18.7 Å². The Morgan fingerprint density at radius 3 is 2.31 bits per heavy atom. The zero-order valence-corrected chi connectivity index (χ0v) is 7.67. The van der Waals surface area contributed by atoms with Crippen molar-refractivity contribution in [2.24, 2.45) is 5.73 Å². The van der Waals surface area contributed by atoms with Crippen molar-refractivity contribution in [3.63, 3.8) is 0 Å². The molecule has 0 aromatic heterocycles. The van der Waals surface area contributed by atoms with E-state index in [1.807, 2.05) is 0 Å². The van der Waals surface area contributed by atoms with Gasteiger partial charge in [0.2, 0.25) is 5.91 Å². The van der Waals surface area contributed by atoms with Crippen LogP contribution >= 0.6 is 0 Å². The van der Waals surface area contributed by atoms with E-state index in [1.54, 1.807) is 0 Å². The molecular weight excluding hydrogens is 176 g/mol. The number of carbonyl (C=O) groups excluding carboxylic acids is 2. The van der Waals surface area contributed by atoms with E-state index in [0.29, 0.717) is 13.1 Å². The average Bonchev–Trinajstić information content (AvgIpc) is 2.14. The van der Waals surface area contributed by atoms with Gasteiger partial charge in [-0.05, 0) is 0 Å². The van der Waals surface area contributed by atoms with Gasteiger partial charge in [0, 0.05) is 31.4 Å². The molecule has 0 aliphatic carbocycles. The summed E-state index contributed by atoms with van der Waals surface area (Å²) in [4.78, 5) is 20.8. The molecule has 0 radical (unpaired) electrons. The molecule has 0 heterocycles. The monoisotopic (exact) mass is 193 g/mol. The molecule has 0 bridgehead atoms. The summed E-state index contributed by atoms with van der Waals surface area (Å²) < 4.78 is 0. The van der Waals surface area contributed by atoms with E-state index in [4.69, 9.17) is 15.9 Å². The fourth-order valence-corrected chi connectivity index (χ4v) is 0.527. The standard InChI is InChI=1S/C6H12N2O3.CH4O/c7-3-4-8-5(9)1-2-6(10)11;1-2/h1-4,7H2,(H,8,9)(H,10,11);2H,1H3/p+1. The van der Waals surface area contributed by atoms with Crippen LogP contribution in [0.25, 0.3) is 0 Å². The molecule has 0 aromatic rings. The highest BCUT2D eigenvalue weighted by atomic mass is 16.4. The molecule has 0 atom stereocenters. The maximum Gasteiger partial charge on any atom is 0.516 e. The van der Waals surface area contributed by atoms with Gasteiger partial charge in [-0.2, -0.15) is 0 Å². The van der Waals surface area contributed by atoms with Crippen LogP contribution < -0.4 is 11.1 Å². The van der Waals surface area contributed by atoms with Gasteiger partial charge >= 0.3 is 5.97 Å². The summed E-state index contributed by atoms with van der Waals surface area (Å²) in [6, 6.07) is 0. The summed E-state index contributed by atoms with van der Waals surface area (Å²) in [5.41, 5.74) is 5.11. The number of amides is 1. The third kappa shape index (κ3) is 13.8. The van der Waals surface area contributed by atoms with Crippen LogP contribution in [0.1, 0.15) is 12.8 Å². The van der Waals surface area contributed by atoms with Crippen LogP contribution in [0.5, 0.6) is 0 Å². The first-order valence-corrected chi connectivity index (χ1v) is 3.82. The Labute approximate surface area is 76.7 Å². The van der Waals surface area contributed by atoms with E-state index in [0.717, 1.165) is 7.11 Å². The molecule has 0 saturated heterocycles. The molecular formula is C7H17N2O4+. The fraction of sp³-hybridized carbons (Fsp3) is 0.714. The number of hydrogen-bond acceptors (Lipinski definition) is 4. The summed E-state index contributed by atoms with van der Waals surface area (Å²) in [5.74, 6) is -0.941. The van der Waals surface area contributed by atoms with Gasteiger partial charge in [-0.25, -0.2) is 0 Å². The maximum atomic E-state index is 10.7. The number of nitrogens with two attached hydrogens (primary N) is 1. The topological polar surface area (TPSA) is 115 Å². The number of aliphatic hydroxyl groups excluding tert-OH is 1. The van der Waals surface area contributed by atoms with Gasteiger partial charge in [0.1, 0.15) is 6.42 Å². The highest BCUT2D eigenvalue weighted by Gasteiger charge is 2.09. The first kappa shape index (κ1) is 14.4. The lowest BCUT2D eigenvalue weighted by atomic mass is 10.3. The smallest absolute Gasteiger partial charge is 0.516 e. The Balaban J connectivity index is 0. The van der Waals surface area contributed by atoms with Crippen molar-refractivity contribution in [1.82, 2.24) is 5.32 Å². The Bertz CT molecular complexity index is 149. The van der Waals surface area contributed by atoms with Crippen molar-refractivity contribution in [3.8, 4) is 0 Å². The quantitative estimate of drug-likeness (QED) is 0.426. The molecule has 0 saturated carbocycles. The molecule has 0 aliphatic heterocycles. The van der Waals surface area contributed by atoms with Gasteiger partial charge in [-0.15, -0.1) is 0 Å². The molecule has 78 valence electrons. The second-order valence-corrected chi connectivity index (χ2v) is 2.06. The fourth-order valence-electron chi connectivity index (χ4n) is 0.527. The van der Waals surface area contributed by atoms with Crippen molar-refractivity contribution in [2.75, 3.05) is 20.2 Å². The SMILES string of the molecule is CO.NCCNC(=O)CCC(=O)[OH2+]. The second-order valence-electron chi connectivity index (χ2n) is 2.06. The summed E-state index contributed by atoms with van der Waals surface area (Å²) in [5, 5.41) is 16.0. The highest BCUT2D eigenvalue weighted by molar-refractivity contribution is 5.80. The molecule has 13 heavy (non-hydrogen) atoms. The van der Waals surface area contributed by atoms with Crippen LogP contribution in [0.2, 0.25) is 0 Å². The highest BCUT2D eigenvalue weighted by Crippen LogP contribution is 1.87. The molecule has 1 amide bonds. The Kier molecular flexibility index (Phi) is 12.0. The van der Waals surface area contributed by atoms with Gasteiger partial charge in [0.25, 0.3) is 0 Å². The third-order valence-corrected chi connectivity index (χ3v) is 1.05. The third-order valence-electron chi connectivity index (χ3n) is 1.05. The van der Waals surface area contributed by atoms with Crippen molar-refractivity contribution >= 4 is 11.9 Å². The number of rotatable bonds is 5. The first-order valence-electron chi connectivity index (χ1n) is 3.82. The second kappa shape index (κ2) is 10.9. The van der Waals surface area contributed by atoms with Gasteiger partial charge in [-0.1, -0.05) is 0 Å². The Hall–Kier alpha value is -1.14. The molecule has 0 aliphatic rings. The molecule has 6 N–H and O–H groups in total. The van der Waals surface area contributed by atoms with Gasteiger partial charge in [-0.3, -0.25) is 4.79 Å². The predicted molar refractivity (Wildman–Crippen MR) is 48.1 cm³/mol. The number of nitrogens with one attached hydrogen (secondary N) is 1. The van der Waals surface area contributed by atoms with Crippen LogP contribution in [0.4, 0.5) is 0 Å². The zero-order valence-electron chi connectivity index (χ0n) is 7.67. The zero-order chi connectivity index (χ0) is 10.7. The van der Waals surface area contributed by atoms with E-state index >= 15 is 0 Å². The molecule has 6 nitrogen and oxygen atoms in total. The molecule has 0 fully saturated rings. The van der Waals surface area contributed by atoms with Crippen molar-refractivity contribution < 1.29 is 19.8 Å². The number of aliphatic hydroxyl groups is 1. The Morgan fingerprint density at radius 2 is 1.92 bits per heavy atom. The predicted octanol–water partition coefficient (Wildman–Crippen LogP) is -2.30. The van der Waals surface area contributed by atoms with Gasteiger partial charge < -0.3 is 21.3 Å². The average molecular weight is 193 g/mol. The molecule has 6 heteroatoms. The van der Waals surface area contributed by atoms with E-state index in [2.05, 4.69) is 5.32 Å². The first-order chi connectivity index (χ1) is 6.16. The van der Waals surface area contributed by atoms with Crippen LogP contribution in [0.3, 0.4) is 0 Å². The number of carbonyl (C=O) groups is 2. The summed E-state index contributed by atoms with van der Waals surface area (Å²) in [6.07, 6.45) is 0.0682. The van der Waals surface area contributed by atoms with Crippen LogP contribution in [-0.2, 0) is 9.59 Å². The number of hydrogen-bond donors (Lipinski definition) is 3. The lowest BCUT2D eigenvalue weighted by molar-refractivity contribution is -0.138. The Morgan fingerprint density at radius 1 is 1.38 bits per heavy atom. The van der Waals surface area contributed by atoms with Gasteiger partial charge in [0.15, 0.2) is 0 Å². The van der Waals surface area contributed by atoms with E-state index in [9.17, 15) is 9.59 Å². The minimum atomic E-state index is -0.715. The minimum absolute atomic E-state index is 0.0175. The normalized spacial score (nSPS) is 8.23. The van der Waals surface area contributed by atoms with Gasteiger partial charge in [0.05, 0.1) is 0 Å². The largest absolute Gasteiger partial charge is 0.565 e. The molecule has 0 rings (SSSR count). The van der Waals surface area contributed by atoms with Crippen LogP contribution in [0.15, 0.2) is 0 Å². The van der Waals surface area contributed by atoms with Crippen LogP contribution in [0, 0.1) is 0 Å². The van der Waals surface area contributed by atoms with Crippen molar-refractivity contribution in [3.05, 3.63) is 0 Å². The summed E-state index contributed by atoms with van der Waals surface area (Å²) in [6.45, 7) is 0.811. The molecule has 0 spiro atoms. The maximum absolute atomic E-state index is 10.7. The molecule has 0 unspecified atom stereocenters. The lowest BCUT2D eigenvalue weighted by Gasteiger charge is -1.98. The minimum Gasteiger partial charge on any atom is -0.565 e. The lowest BCUT2D eigenvalue weighted by Crippen LogP contribution is -2.29.